The molecule has 2 heterocycles. The van der Waals surface area contributed by atoms with Crippen LogP contribution in [0.5, 0.6) is 0 Å². The minimum Gasteiger partial charge on any atom is -0.467 e. The van der Waals surface area contributed by atoms with Crippen LogP contribution in [-0.2, 0) is 25.5 Å². The number of aryl methyl sites for hydroxylation is 1. The molecule has 3 rings (SSSR count). The summed E-state index contributed by atoms with van der Waals surface area (Å²) in [6.07, 6.45) is 0.596. The lowest BCUT2D eigenvalue weighted by Gasteiger charge is -2.37. The fourth-order valence-electron chi connectivity index (χ4n) is 3.64. The van der Waals surface area contributed by atoms with Crippen molar-refractivity contribution >= 4 is 17.8 Å². The molecule has 0 spiro atoms. The number of aliphatic hydroxyl groups is 1. The quantitative estimate of drug-likeness (QED) is 0.419. The van der Waals surface area contributed by atoms with Gasteiger partial charge in [0.15, 0.2) is 6.04 Å². The first-order chi connectivity index (χ1) is 15.4. The number of carbonyl (C=O) groups is 3. The van der Waals surface area contributed by atoms with Gasteiger partial charge in [0.1, 0.15) is 11.3 Å². The van der Waals surface area contributed by atoms with Gasteiger partial charge in [-0.1, -0.05) is 18.2 Å². The normalized spacial score (nSPS) is 16.1. The van der Waals surface area contributed by atoms with Crippen LogP contribution in [-0.4, -0.2) is 66.3 Å². The molecule has 32 heavy (non-hydrogen) atoms. The molecule has 4 N–H and O–H groups in total. The first kappa shape index (κ1) is 23.4. The smallest absolute Gasteiger partial charge is 0.330 e. The summed E-state index contributed by atoms with van der Waals surface area (Å²) in [4.78, 5) is 42.2. The molecule has 1 aliphatic rings. The average Bonchev–Trinajstić information content (AvgIpc) is 3.17. The third-order valence-electron chi connectivity index (χ3n) is 5.49. The van der Waals surface area contributed by atoms with Gasteiger partial charge in [-0.25, -0.2) is 9.78 Å². The Kier molecular flexibility index (Phi) is 7.60. The van der Waals surface area contributed by atoms with E-state index in [0.29, 0.717) is 43.3 Å². The van der Waals surface area contributed by atoms with Crippen molar-refractivity contribution in [3.05, 3.63) is 41.8 Å². The van der Waals surface area contributed by atoms with Gasteiger partial charge >= 0.3 is 5.97 Å². The zero-order valence-electron chi connectivity index (χ0n) is 18.1. The highest BCUT2D eigenvalue weighted by molar-refractivity contribution is 5.94. The molecule has 2 aromatic rings. The number of oxazole rings is 1. The van der Waals surface area contributed by atoms with Crippen LogP contribution in [0.15, 0.2) is 34.7 Å². The Balaban J connectivity index is 1.73. The molecule has 1 fully saturated rings. The highest BCUT2D eigenvalue weighted by Crippen LogP contribution is 2.23. The van der Waals surface area contributed by atoms with E-state index in [2.05, 4.69) is 25.7 Å². The van der Waals surface area contributed by atoms with E-state index in [0.717, 1.165) is 5.56 Å². The lowest BCUT2D eigenvalue weighted by atomic mass is 9.86. The predicted molar refractivity (Wildman–Crippen MR) is 114 cm³/mol. The average molecular weight is 444 g/mol. The Hall–Kier alpha value is -3.24. The topological polar surface area (TPSA) is 143 Å². The molecule has 1 saturated heterocycles. The van der Waals surface area contributed by atoms with E-state index in [1.165, 1.54) is 7.11 Å². The van der Waals surface area contributed by atoms with Crippen LogP contribution in [0.25, 0.3) is 11.5 Å². The molecule has 172 valence electrons. The van der Waals surface area contributed by atoms with Gasteiger partial charge in [-0.3, -0.25) is 9.59 Å². The zero-order chi connectivity index (χ0) is 23.1. The number of nitrogens with one attached hydrogen (secondary N) is 3. The van der Waals surface area contributed by atoms with E-state index in [1.54, 1.807) is 6.92 Å². The number of hydrogen-bond acceptors (Lipinski definition) is 8. The van der Waals surface area contributed by atoms with Crippen molar-refractivity contribution in [2.24, 2.45) is 0 Å². The molecule has 10 nitrogen and oxygen atoms in total. The van der Waals surface area contributed by atoms with Crippen molar-refractivity contribution in [3.8, 4) is 11.5 Å². The number of rotatable bonds is 8. The lowest BCUT2D eigenvalue weighted by molar-refractivity contribution is -0.147. The summed E-state index contributed by atoms with van der Waals surface area (Å²) in [7, 11) is 1.17. The maximum atomic E-state index is 13.0. The van der Waals surface area contributed by atoms with Crippen LogP contribution in [0.3, 0.4) is 0 Å². The van der Waals surface area contributed by atoms with Crippen LogP contribution in [0, 0.1) is 6.92 Å². The van der Waals surface area contributed by atoms with Crippen molar-refractivity contribution in [1.82, 2.24) is 20.9 Å². The second-order valence-electron chi connectivity index (χ2n) is 7.68. The highest BCUT2D eigenvalue weighted by Gasteiger charge is 2.42. The molecule has 1 aliphatic heterocycles. The second kappa shape index (κ2) is 10.4. The van der Waals surface area contributed by atoms with Gasteiger partial charge in [-0.2, -0.15) is 0 Å². The first-order valence-corrected chi connectivity index (χ1v) is 10.4. The number of methoxy groups -OCH3 is 1. The molecule has 1 unspecified atom stereocenters. The van der Waals surface area contributed by atoms with Crippen molar-refractivity contribution < 1.29 is 28.6 Å². The zero-order valence-corrected chi connectivity index (χ0v) is 18.1. The number of esters is 1. The van der Waals surface area contributed by atoms with E-state index in [1.807, 2.05) is 30.3 Å². The summed E-state index contributed by atoms with van der Waals surface area (Å²) in [5, 5.41) is 17.9. The number of amides is 2. The van der Waals surface area contributed by atoms with Crippen molar-refractivity contribution in [3.63, 3.8) is 0 Å². The van der Waals surface area contributed by atoms with Crippen molar-refractivity contribution in [1.29, 1.82) is 0 Å². The first-order valence-electron chi connectivity index (χ1n) is 10.4. The Morgan fingerprint density at radius 3 is 2.56 bits per heavy atom. The molecule has 0 aliphatic carbocycles. The standard InChI is InChI=1S/C22H28N4O6/c1-14-16(24-19(32-14)15-6-4-3-5-7-15)12-18(28)26-22(8-10-23-11-9-22)21(30)25-17(13-27)20(29)31-2/h3-7,17,23,27H,8-13H2,1-2H3,(H,25,30)(H,26,28). The van der Waals surface area contributed by atoms with Gasteiger partial charge < -0.3 is 30.2 Å². The van der Waals surface area contributed by atoms with Crippen molar-refractivity contribution in [2.75, 3.05) is 26.8 Å². The Morgan fingerprint density at radius 2 is 1.94 bits per heavy atom. The largest absolute Gasteiger partial charge is 0.467 e. The van der Waals surface area contributed by atoms with E-state index < -0.39 is 36.0 Å². The monoisotopic (exact) mass is 444 g/mol. The van der Waals surface area contributed by atoms with Gasteiger partial charge in [0, 0.05) is 5.56 Å². The number of nitrogens with zero attached hydrogens (tertiary/aromatic N) is 1. The fourth-order valence-corrected chi connectivity index (χ4v) is 3.64. The van der Waals surface area contributed by atoms with Gasteiger partial charge in [0.2, 0.25) is 17.7 Å². The molecule has 0 bridgehead atoms. The van der Waals surface area contributed by atoms with E-state index in [9.17, 15) is 19.5 Å². The third-order valence-corrected chi connectivity index (χ3v) is 5.49. The Labute approximate surface area is 185 Å². The Bertz CT molecular complexity index is 953. The number of hydrogen-bond donors (Lipinski definition) is 4. The molecule has 10 heteroatoms. The number of ether oxygens (including phenoxy) is 1. The van der Waals surface area contributed by atoms with E-state index >= 15 is 0 Å². The molecule has 1 atom stereocenters. The van der Waals surface area contributed by atoms with Crippen LogP contribution >= 0.6 is 0 Å². The van der Waals surface area contributed by atoms with Gasteiger partial charge in [-0.05, 0) is 45.0 Å². The summed E-state index contributed by atoms with van der Waals surface area (Å²) in [5.41, 5.74) is 0.0619. The highest BCUT2D eigenvalue weighted by atomic mass is 16.5. The summed E-state index contributed by atoms with van der Waals surface area (Å²) >= 11 is 0. The van der Waals surface area contributed by atoms with Crippen molar-refractivity contribution in [2.45, 2.75) is 37.8 Å². The number of benzene rings is 1. The number of carbonyl (C=O) groups excluding carboxylic acids is 3. The number of aromatic nitrogens is 1. The van der Waals surface area contributed by atoms with Gasteiger partial charge in [0.05, 0.1) is 25.8 Å². The molecular weight excluding hydrogens is 416 g/mol. The maximum absolute atomic E-state index is 13.0. The predicted octanol–water partition coefficient (Wildman–Crippen LogP) is 0.0810. The van der Waals surface area contributed by atoms with Crippen LogP contribution in [0.4, 0.5) is 0 Å². The number of aliphatic hydroxyl groups excluding tert-OH is 1. The maximum Gasteiger partial charge on any atom is 0.330 e. The van der Waals surface area contributed by atoms with E-state index in [-0.39, 0.29) is 6.42 Å². The van der Waals surface area contributed by atoms with Gasteiger partial charge in [-0.15, -0.1) is 0 Å². The summed E-state index contributed by atoms with van der Waals surface area (Å²) < 4.78 is 10.3. The van der Waals surface area contributed by atoms with Gasteiger partial charge in [0.25, 0.3) is 0 Å². The molecule has 1 aromatic carbocycles. The van der Waals surface area contributed by atoms with Crippen LogP contribution in [0.1, 0.15) is 24.3 Å². The molecule has 0 saturated carbocycles. The summed E-state index contributed by atoms with van der Waals surface area (Å²) in [5.74, 6) is -0.754. The molecular formula is C22H28N4O6. The second-order valence-corrected chi connectivity index (χ2v) is 7.68. The minimum absolute atomic E-state index is 0.0644. The fraction of sp³-hybridized carbons (Fsp3) is 0.455. The minimum atomic E-state index is -1.22. The third kappa shape index (κ3) is 5.32. The lowest BCUT2D eigenvalue weighted by Crippen LogP contribution is -2.65. The van der Waals surface area contributed by atoms with Crippen LogP contribution in [0.2, 0.25) is 0 Å². The molecule has 1 aromatic heterocycles. The number of piperidine rings is 1. The van der Waals surface area contributed by atoms with Crippen LogP contribution < -0.4 is 16.0 Å². The Morgan fingerprint density at radius 1 is 1.25 bits per heavy atom. The van der Waals surface area contributed by atoms with E-state index in [4.69, 9.17) is 4.42 Å². The molecule has 0 radical (unpaired) electrons. The summed E-state index contributed by atoms with van der Waals surface area (Å²) in [6.45, 7) is 2.14. The summed E-state index contributed by atoms with van der Waals surface area (Å²) in [6, 6.07) is 8.15. The molecule has 2 amide bonds. The SMILES string of the molecule is COC(=O)C(CO)NC(=O)C1(NC(=O)Cc2nc(-c3ccccc3)oc2C)CCNCC1.